The van der Waals surface area contributed by atoms with Crippen molar-refractivity contribution in [2.45, 2.75) is 13.5 Å². The summed E-state index contributed by atoms with van der Waals surface area (Å²) in [5.74, 6) is 0.848. The van der Waals surface area contributed by atoms with E-state index in [0.29, 0.717) is 6.54 Å². The maximum atomic E-state index is 5.68. The van der Waals surface area contributed by atoms with Crippen LogP contribution >= 0.6 is 0 Å². The van der Waals surface area contributed by atoms with Gasteiger partial charge in [-0.1, -0.05) is 0 Å². The number of nitrogens with zero attached hydrogens (tertiary/aromatic N) is 2. The van der Waals surface area contributed by atoms with Crippen molar-refractivity contribution in [3.63, 3.8) is 0 Å². The van der Waals surface area contributed by atoms with Crippen LogP contribution in [0.2, 0.25) is 0 Å². The highest BCUT2D eigenvalue weighted by molar-refractivity contribution is 5.67. The third-order valence-electron chi connectivity index (χ3n) is 3.53. The fourth-order valence-electron chi connectivity index (χ4n) is 2.36. The molecule has 0 spiro atoms. The second kappa shape index (κ2) is 4.98. The van der Waals surface area contributed by atoms with Gasteiger partial charge in [0.1, 0.15) is 11.4 Å². The Kier molecular flexibility index (Phi) is 3.16. The smallest absolute Gasteiger partial charge is 0.137 e. The van der Waals surface area contributed by atoms with E-state index in [1.54, 1.807) is 7.11 Å². The van der Waals surface area contributed by atoms with Crippen molar-refractivity contribution >= 4 is 5.65 Å². The second-order valence-electron chi connectivity index (χ2n) is 4.74. The molecule has 0 atom stereocenters. The number of hydrogen-bond donors (Lipinski definition) is 1. The third kappa shape index (κ3) is 2.04. The molecule has 3 rings (SSSR count). The molecule has 0 unspecified atom stereocenters. The monoisotopic (exact) mass is 267 g/mol. The van der Waals surface area contributed by atoms with Gasteiger partial charge in [0.15, 0.2) is 0 Å². The van der Waals surface area contributed by atoms with Gasteiger partial charge in [-0.3, -0.25) is 0 Å². The van der Waals surface area contributed by atoms with Gasteiger partial charge in [-0.25, -0.2) is 4.98 Å². The number of methoxy groups -OCH3 is 1. The van der Waals surface area contributed by atoms with E-state index < -0.39 is 0 Å². The molecule has 0 aliphatic heterocycles. The first-order valence-electron chi connectivity index (χ1n) is 6.55. The molecule has 2 N–H and O–H groups in total. The Balaban J connectivity index is 2.12. The average molecular weight is 267 g/mol. The molecule has 4 nitrogen and oxygen atoms in total. The number of aryl methyl sites for hydroxylation is 1. The van der Waals surface area contributed by atoms with Crippen LogP contribution in [0.1, 0.15) is 11.3 Å². The minimum Gasteiger partial charge on any atom is -0.497 e. The number of aromatic nitrogens is 2. The predicted molar refractivity (Wildman–Crippen MR) is 79.8 cm³/mol. The molecule has 1 aromatic carbocycles. The zero-order valence-electron chi connectivity index (χ0n) is 11.6. The molecule has 20 heavy (non-hydrogen) atoms. The van der Waals surface area contributed by atoms with Crippen molar-refractivity contribution < 1.29 is 4.74 Å². The van der Waals surface area contributed by atoms with Gasteiger partial charge in [0.05, 0.1) is 12.8 Å². The zero-order chi connectivity index (χ0) is 14.1. The lowest BCUT2D eigenvalue weighted by molar-refractivity contribution is 0.415. The second-order valence-corrected chi connectivity index (χ2v) is 4.74. The summed E-state index contributed by atoms with van der Waals surface area (Å²) in [6.45, 7) is 2.60. The number of fused-ring (bicyclic) bond motifs is 1. The van der Waals surface area contributed by atoms with E-state index in [0.717, 1.165) is 33.9 Å². The SMILES string of the molecule is COc1ccc(-c2nc3cc(CN)ccn3c2C)cc1. The highest BCUT2D eigenvalue weighted by Crippen LogP contribution is 2.26. The number of benzene rings is 1. The normalized spacial score (nSPS) is 10.9. The van der Waals surface area contributed by atoms with E-state index in [1.165, 1.54) is 0 Å². The number of nitrogens with two attached hydrogens (primary N) is 1. The molecular weight excluding hydrogens is 250 g/mol. The molecule has 0 aliphatic rings. The third-order valence-corrected chi connectivity index (χ3v) is 3.53. The molecular formula is C16H17N3O. The molecule has 102 valence electrons. The maximum absolute atomic E-state index is 5.68. The van der Waals surface area contributed by atoms with Crippen molar-refractivity contribution in [2.24, 2.45) is 5.73 Å². The van der Waals surface area contributed by atoms with Crippen LogP contribution in [0, 0.1) is 6.92 Å². The Morgan fingerprint density at radius 1 is 1.20 bits per heavy atom. The summed E-state index contributed by atoms with van der Waals surface area (Å²) < 4.78 is 7.27. The molecule has 4 heteroatoms. The van der Waals surface area contributed by atoms with Crippen LogP contribution < -0.4 is 10.5 Å². The van der Waals surface area contributed by atoms with Gasteiger partial charge in [-0.05, 0) is 48.9 Å². The van der Waals surface area contributed by atoms with Gasteiger partial charge in [-0.15, -0.1) is 0 Å². The average Bonchev–Trinajstić information content (AvgIpc) is 2.84. The molecule has 0 saturated heterocycles. The topological polar surface area (TPSA) is 52.5 Å². The lowest BCUT2D eigenvalue weighted by Gasteiger charge is -2.02. The van der Waals surface area contributed by atoms with Crippen LogP contribution in [0.25, 0.3) is 16.9 Å². The van der Waals surface area contributed by atoms with Crippen LogP contribution in [0.4, 0.5) is 0 Å². The van der Waals surface area contributed by atoms with Crippen molar-refractivity contribution in [1.82, 2.24) is 9.38 Å². The summed E-state index contributed by atoms with van der Waals surface area (Å²) in [5, 5.41) is 0. The minimum absolute atomic E-state index is 0.528. The van der Waals surface area contributed by atoms with E-state index in [2.05, 4.69) is 11.3 Å². The fourth-order valence-corrected chi connectivity index (χ4v) is 2.36. The largest absolute Gasteiger partial charge is 0.497 e. The number of rotatable bonds is 3. The van der Waals surface area contributed by atoms with Crippen LogP contribution in [0.5, 0.6) is 5.75 Å². The summed E-state index contributed by atoms with van der Waals surface area (Å²) in [5.41, 5.74) is 10.9. The van der Waals surface area contributed by atoms with E-state index in [-0.39, 0.29) is 0 Å². The number of hydrogen-bond acceptors (Lipinski definition) is 3. The summed E-state index contributed by atoms with van der Waals surface area (Å²) in [6, 6.07) is 12.0. The minimum atomic E-state index is 0.528. The first-order valence-corrected chi connectivity index (χ1v) is 6.55. The maximum Gasteiger partial charge on any atom is 0.137 e. The van der Waals surface area contributed by atoms with E-state index in [9.17, 15) is 0 Å². The van der Waals surface area contributed by atoms with E-state index in [4.69, 9.17) is 15.5 Å². The van der Waals surface area contributed by atoms with Gasteiger partial charge < -0.3 is 14.9 Å². The summed E-state index contributed by atoms with van der Waals surface area (Å²) in [4.78, 5) is 4.71. The summed E-state index contributed by atoms with van der Waals surface area (Å²) in [6.07, 6.45) is 2.02. The predicted octanol–water partition coefficient (Wildman–Crippen LogP) is 2.78. The van der Waals surface area contributed by atoms with Crippen molar-refractivity contribution in [1.29, 1.82) is 0 Å². The quantitative estimate of drug-likeness (QED) is 0.794. The number of pyridine rings is 1. The standard InChI is InChI=1S/C16H17N3O/c1-11-16(13-3-5-14(20-2)6-4-13)18-15-9-12(10-17)7-8-19(11)15/h3-9H,10,17H2,1-2H3. The van der Waals surface area contributed by atoms with Crippen molar-refractivity contribution in [2.75, 3.05) is 7.11 Å². The molecule has 0 aliphatic carbocycles. The Labute approximate surface area is 117 Å². The van der Waals surface area contributed by atoms with E-state index in [1.807, 2.05) is 42.6 Å². The first kappa shape index (κ1) is 12.7. The molecule has 0 saturated carbocycles. The van der Waals surface area contributed by atoms with E-state index >= 15 is 0 Å². The molecule has 3 aromatic rings. The van der Waals surface area contributed by atoms with Crippen LogP contribution in [-0.4, -0.2) is 16.5 Å². The Morgan fingerprint density at radius 2 is 1.95 bits per heavy atom. The molecule has 0 bridgehead atoms. The molecule has 2 heterocycles. The molecule has 0 amide bonds. The van der Waals surface area contributed by atoms with Gasteiger partial charge in [0.25, 0.3) is 0 Å². The Bertz CT molecular complexity index is 744. The van der Waals surface area contributed by atoms with Crippen molar-refractivity contribution in [3.05, 3.63) is 53.9 Å². The van der Waals surface area contributed by atoms with Gasteiger partial charge in [-0.2, -0.15) is 0 Å². The zero-order valence-corrected chi connectivity index (χ0v) is 11.6. The van der Waals surface area contributed by atoms with Crippen LogP contribution in [-0.2, 0) is 6.54 Å². The first-order chi connectivity index (χ1) is 9.72. The number of ether oxygens (including phenoxy) is 1. The number of imidazole rings is 1. The highest BCUT2D eigenvalue weighted by atomic mass is 16.5. The van der Waals surface area contributed by atoms with Gasteiger partial charge >= 0.3 is 0 Å². The van der Waals surface area contributed by atoms with Gasteiger partial charge in [0.2, 0.25) is 0 Å². The molecule has 2 aromatic heterocycles. The van der Waals surface area contributed by atoms with Crippen LogP contribution in [0.15, 0.2) is 42.6 Å². The van der Waals surface area contributed by atoms with Gasteiger partial charge in [0, 0.05) is 24.0 Å². The van der Waals surface area contributed by atoms with Crippen LogP contribution in [0.3, 0.4) is 0 Å². The Hall–Kier alpha value is -2.33. The lowest BCUT2D eigenvalue weighted by atomic mass is 10.1. The fraction of sp³-hybridized carbons (Fsp3) is 0.188. The highest BCUT2D eigenvalue weighted by Gasteiger charge is 2.10. The molecule has 0 fully saturated rings. The Morgan fingerprint density at radius 3 is 2.60 bits per heavy atom. The van der Waals surface area contributed by atoms with Crippen molar-refractivity contribution in [3.8, 4) is 17.0 Å². The summed E-state index contributed by atoms with van der Waals surface area (Å²) in [7, 11) is 1.67. The summed E-state index contributed by atoms with van der Waals surface area (Å²) >= 11 is 0. The lowest BCUT2D eigenvalue weighted by Crippen LogP contribution is -1.97. The molecule has 0 radical (unpaired) electrons.